The van der Waals surface area contributed by atoms with Gasteiger partial charge in [-0.25, -0.2) is 0 Å². The smallest absolute Gasteiger partial charge is 0.226 e. The van der Waals surface area contributed by atoms with E-state index in [4.69, 9.17) is 0 Å². The number of aromatic hydroxyl groups is 1. The molecule has 0 bridgehead atoms. The second-order valence-corrected chi connectivity index (χ2v) is 6.77. The van der Waals surface area contributed by atoms with Crippen LogP contribution in [0, 0.1) is 5.92 Å². The number of hydrogen-bond donors (Lipinski definition) is 2. The van der Waals surface area contributed by atoms with Crippen molar-refractivity contribution in [2.24, 2.45) is 5.92 Å². The van der Waals surface area contributed by atoms with Crippen LogP contribution in [0.3, 0.4) is 0 Å². The van der Waals surface area contributed by atoms with Crippen molar-refractivity contribution in [2.75, 3.05) is 6.54 Å². The molecule has 2 heterocycles. The van der Waals surface area contributed by atoms with Gasteiger partial charge in [-0.3, -0.25) is 4.79 Å². The van der Waals surface area contributed by atoms with Gasteiger partial charge in [-0.15, -0.1) is 10.2 Å². The van der Waals surface area contributed by atoms with Crippen LogP contribution in [-0.4, -0.2) is 49.1 Å². The molecule has 3 atom stereocenters. The zero-order valence-corrected chi connectivity index (χ0v) is 13.4. The summed E-state index contributed by atoms with van der Waals surface area (Å²) in [5.74, 6) is 1.28. The Morgan fingerprint density at radius 2 is 2.12 bits per heavy atom. The quantitative estimate of drug-likeness (QED) is 0.890. The minimum absolute atomic E-state index is 0.00279. The second-order valence-electron chi connectivity index (χ2n) is 6.77. The van der Waals surface area contributed by atoms with Gasteiger partial charge in [0.2, 0.25) is 5.91 Å². The first-order chi connectivity index (χ1) is 11.7. The lowest BCUT2D eigenvalue weighted by molar-refractivity contribution is -0.136. The summed E-state index contributed by atoms with van der Waals surface area (Å²) in [6, 6.07) is 7.52. The minimum Gasteiger partial charge on any atom is -0.508 e. The predicted octanol–water partition coefficient (Wildman–Crippen LogP) is 1.63. The van der Waals surface area contributed by atoms with Crippen LogP contribution in [0.2, 0.25) is 0 Å². The van der Waals surface area contributed by atoms with Gasteiger partial charge in [0.25, 0.3) is 0 Å². The molecule has 4 rings (SSSR count). The highest BCUT2D eigenvalue weighted by atomic mass is 16.3. The van der Waals surface area contributed by atoms with E-state index in [1.54, 1.807) is 12.1 Å². The fourth-order valence-electron chi connectivity index (χ4n) is 3.70. The summed E-state index contributed by atoms with van der Waals surface area (Å²) in [6.07, 6.45) is 4.92. The normalized spacial score (nSPS) is 26.3. The Balaban J connectivity index is 1.44. The molecule has 2 aliphatic rings. The molecule has 126 valence electrons. The van der Waals surface area contributed by atoms with Crippen LogP contribution in [0.25, 0.3) is 0 Å². The molecule has 1 unspecified atom stereocenters. The molecule has 24 heavy (non-hydrogen) atoms. The Hall–Kier alpha value is -2.44. The minimum atomic E-state index is 0.00279. The summed E-state index contributed by atoms with van der Waals surface area (Å²) >= 11 is 0. The molecular weight excluding hydrogens is 306 g/mol. The summed E-state index contributed by atoms with van der Waals surface area (Å²) in [5.41, 5.74) is 1.16. The van der Waals surface area contributed by atoms with Crippen molar-refractivity contribution >= 4 is 5.91 Å². The average molecular weight is 327 g/mol. The molecule has 1 aromatic heterocycles. The molecule has 1 saturated heterocycles. The Morgan fingerprint density at radius 3 is 2.88 bits per heavy atom. The van der Waals surface area contributed by atoms with E-state index in [9.17, 15) is 9.90 Å². The van der Waals surface area contributed by atoms with Crippen LogP contribution in [-0.2, 0) is 11.2 Å². The number of benzene rings is 1. The first-order valence-corrected chi connectivity index (χ1v) is 8.54. The lowest BCUT2D eigenvalue weighted by atomic mass is 9.95. The number of rotatable bonds is 4. The van der Waals surface area contributed by atoms with Crippen LogP contribution in [0.1, 0.15) is 43.0 Å². The number of aromatic nitrogens is 4. The van der Waals surface area contributed by atoms with E-state index in [-0.39, 0.29) is 29.5 Å². The van der Waals surface area contributed by atoms with Gasteiger partial charge in [-0.05, 0) is 49.8 Å². The maximum absolute atomic E-state index is 12.9. The number of tetrazole rings is 1. The summed E-state index contributed by atoms with van der Waals surface area (Å²) < 4.78 is 0. The average Bonchev–Trinajstić information content (AvgIpc) is 3.22. The Bertz CT molecular complexity index is 700. The molecule has 1 aliphatic heterocycles. The van der Waals surface area contributed by atoms with Crippen molar-refractivity contribution in [3.8, 4) is 5.75 Å². The number of carbonyl (C=O) groups is 1. The first kappa shape index (κ1) is 15.1. The van der Waals surface area contributed by atoms with E-state index in [1.165, 1.54) is 0 Å². The predicted molar refractivity (Wildman–Crippen MR) is 86.2 cm³/mol. The van der Waals surface area contributed by atoms with Crippen LogP contribution in [0.5, 0.6) is 5.75 Å². The Labute approximate surface area is 140 Å². The molecule has 0 radical (unpaired) electrons. The SMILES string of the molecule is O=C([C@@H]1C[C@@H]1c1nn[nH]n1)N1CCCCC1Cc1ccc(O)cc1. The number of carbonyl (C=O) groups excluding carboxylic acids is 1. The van der Waals surface area contributed by atoms with E-state index < -0.39 is 0 Å². The standard InChI is InChI=1S/C17H21N5O2/c23-13-6-4-11(5-7-13)9-12-3-1-2-8-22(12)17(24)15-10-14(15)16-18-20-21-19-16/h4-7,12,14-15,23H,1-3,8-10H2,(H,18,19,20,21)/t12?,14-,15+/m0/s1. The maximum atomic E-state index is 12.9. The van der Waals surface area contributed by atoms with Crippen LogP contribution in [0.4, 0.5) is 0 Å². The number of amides is 1. The number of piperidine rings is 1. The van der Waals surface area contributed by atoms with Crippen LogP contribution in [0.15, 0.2) is 24.3 Å². The number of nitrogens with one attached hydrogen (secondary N) is 1. The van der Waals surface area contributed by atoms with E-state index in [2.05, 4.69) is 25.5 Å². The first-order valence-electron chi connectivity index (χ1n) is 8.54. The van der Waals surface area contributed by atoms with Gasteiger partial charge in [0.1, 0.15) is 5.75 Å². The number of hydrogen-bond acceptors (Lipinski definition) is 5. The van der Waals surface area contributed by atoms with E-state index >= 15 is 0 Å². The molecule has 2 N–H and O–H groups in total. The zero-order valence-electron chi connectivity index (χ0n) is 13.4. The summed E-state index contributed by atoms with van der Waals surface area (Å²) in [7, 11) is 0. The fraction of sp³-hybridized carbons (Fsp3) is 0.529. The van der Waals surface area contributed by atoms with Crippen molar-refractivity contribution in [1.82, 2.24) is 25.5 Å². The molecule has 1 amide bonds. The molecule has 2 aromatic rings. The van der Waals surface area contributed by atoms with Gasteiger partial charge in [0.05, 0.1) is 0 Å². The number of phenolic OH excluding ortho intramolecular Hbond substituents is 1. The molecule has 0 spiro atoms. The lowest BCUT2D eigenvalue weighted by Crippen LogP contribution is -2.45. The third kappa shape index (κ3) is 2.98. The third-order valence-corrected chi connectivity index (χ3v) is 5.12. The van der Waals surface area contributed by atoms with Gasteiger partial charge < -0.3 is 10.0 Å². The van der Waals surface area contributed by atoms with Gasteiger partial charge >= 0.3 is 0 Å². The molecule has 2 fully saturated rings. The third-order valence-electron chi connectivity index (χ3n) is 5.12. The summed E-state index contributed by atoms with van der Waals surface area (Å²) in [5, 5.41) is 23.5. The van der Waals surface area contributed by atoms with Gasteiger partial charge in [0.15, 0.2) is 5.82 Å². The van der Waals surface area contributed by atoms with E-state index in [0.717, 1.165) is 44.2 Å². The zero-order chi connectivity index (χ0) is 16.5. The molecule has 7 heteroatoms. The summed E-state index contributed by atoms with van der Waals surface area (Å²) in [4.78, 5) is 15.0. The molecule has 1 aromatic carbocycles. The van der Waals surface area contributed by atoms with Crippen molar-refractivity contribution in [1.29, 1.82) is 0 Å². The number of likely N-dealkylation sites (tertiary alicyclic amines) is 1. The highest BCUT2D eigenvalue weighted by Gasteiger charge is 2.49. The molecule has 1 saturated carbocycles. The topological polar surface area (TPSA) is 95.0 Å². The highest BCUT2D eigenvalue weighted by Crippen LogP contribution is 2.47. The van der Waals surface area contributed by atoms with E-state index in [0.29, 0.717) is 5.82 Å². The van der Waals surface area contributed by atoms with Gasteiger partial charge in [0, 0.05) is 24.4 Å². The lowest BCUT2D eigenvalue weighted by Gasteiger charge is -2.36. The van der Waals surface area contributed by atoms with Gasteiger partial charge in [-0.2, -0.15) is 5.21 Å². The second kappa shape index (κ2) is 6.22. The Morgan fingerprint density at radius 1 is 1.29 bits per heavy atom. The fourth-order valence-corrected chi connectivity index (χ4v) is 3.70. The van der Waals surface area contributed by atoms with Gasteiger partial charge in [-0.1, -0.05) is 17.3 Å². The monoisotopic (exact) mass is 327 g/mol. The van der Waals surface area contributed by atoms with E-state index in [1.807, 2.05) is 12.1 Å². The molecular formula is C17H21N5O2. The number of nitrogens with zero attached hydrogens (tertiary/aromatic N) is 4. The van der Waals surface area contributed by atoms with Crippen molar-refractivity contribution in [3.05, 3.63) is 35.7 Å². The maximum Gasteiger partial charge on any atom is 0.226 e. The summed E-state index contributed by atoms with van der Waals surface area (Å²) in [6.45, 7) is 0.830. The largest absolute Gasteiger partial charge is 0.508 e. The van der Waals surface area contributed by atoms with Crippen molar-refractivity contribution < 1.29 is 9.90 Å². The van der Waals surface area contributed by atoms with Crippen LogP contribution < -0.4 is 0 Å². The van der Waals surface area contributed by atoms with Crippen LogP contribution >= 0.6 is 0 Å². The number of aromatic amines is 1. The Kier molecular flexibility index (Phi) is 3.92. The number of phenols is 1. The highest BCUT2D eigenvalue weighted by molar-refractivity contribution is 5.83. The van der Waals surface area contributed by atoms with Crippen molar-refractivity contribution in [2.45, 2.75) is 44.1 Å². The molecule has 1 aliphatic carbocycles. The molecule has 7 nitrogen and oxygen atoms in total. The van der Waals surface area contributed by atoms with Crippen molar-refractivity contribution in [3.63, 3.8) is 0 Å². The number of H-pyrrole nitrogens is 1.